The number of aromatic nitrogens is 1. The Morgan fingerprint density at radius 2 is 1.44 bits per heavy atom. The predicted molar refractivity (Wildman–Crippen MR) is 266 cm³/mol. The number of thiophene rings is 1. The molecule has 0 amide bonds. The molecule has 0 fully saturated rings. The van der Waals surface area contributed by atoms with Crippen LogP contribution >= 0.6 is 23.1 Å². The molecule has 61 heavy (non-hydrogen) atoms. The molecule has 5 heteroatoms. The van der Waals surface area contributed by atoms with Crippen LogP contribution in [0.4, 0.5) is 11.4 Å². The summed E-state index contributed by atoms with van der Waals surface area (Å²) in [5.41, 5.74) is 14.3. The van der Waals surface area contributed by atoms with Crippen molar-refractivity contribution in [2.45, 2.75) is 42.9 Å². The van der Waals surface area contributed by atoms with Gasteiger partial charge in [-0.1, -0.05) is 115 Å². The molecule has 0 bridgehead atoms. The van der Waals surface area contributed by atoms with E-state index in [9.17, 15) is 0 Å². The minimum atomic E-state index is 0.215. The number of hydrogen-bond donors (Lipinski definition) is 1. The van der Waals surface area contributed by atoms with E-state index in [0.717, 1.165) is 42.8 Å². The first-order valence-electron chi connectivity index (χ1n) is 21.3. The number of rotatable bonds is 9. The second kappa shape index (κ2) is 15.8. The van der Waals surface area contributed by atoms with Gasteiger partial charge in [0.05, 0.1) is 16.7 Å². The molecular formula is C56H45N3S2. The summed E-state index contributed by atoms with van der Waals surface area (Å²) in [6.45, 7) is 6.08. The van der Waals surface area contributed by atoms with Crippen molar-refractivity contribution in [1.29, 1.82) is 0 Å². The average molecular weight is 824 g/mol. The fourth-order valence-electron chi connectivity index (χ4n) is 9.23. The third-order valence-corrected chi connectivity index (χ3v) is 14.5. The van der Waals surface area contributed by atoms with E-state index in [1.165, 1.54) is 86.1 Å². The third kappa shape index (κ3) is 6.79. The topological polar surface area (TPSA) is 20.2 Å². The van der Waals surface area contributed by atoms with Crippen molar-refractivity contribution in [2.75, 3.05) is 10.2 Å². The molecular weight excluding hydrogens is 779 g/mol. The lowest BCUT2D eigenvalue weighted by Gasteiger charge is -2.28. The lowest BCUT2D eigenvalue weighted by molar-refractivity contribution is 0.986. The van der Waals surface area contributed by atoms with Gasteiger partial charge in [0.25, 0.3) is 0 Å². The summed E-state index contributed by atoms with van der Waals surface area (Å²) in [6, 6.07) is 45.6. The zero-order valence-corrected chi connectivity index (χ0v) is 35.8. The van der Waals surface area contributed by atoms with E-state index in [4.69, 9.17) is 0 Å². The zero-order chi connectivity index (χ0) is 40.9. The van der Waals surface area contributed by atoms with Gasteiger partial charge in [0.15, 0.2) is 0 Å². The van der Waals surface area contributed by atoms with E-state index in [-0.39, 0.29) is 5.37 Å². The number of benzene rings is 6. The van der Waals surface area contributed by atoms with Gasteiger partial charge in [-0.05, 0) is 145 Å². The monoisotopic (exact) mass is 823 g/mol. The van der Waals surface area contributed by atoms with Crippen molar-refractivity contribution in [2.24, 2.45) is 0 Å². The summed E-state index contributed by atoms with van der Waals surface area (Å²) in [5, 5.41) is 9.26. The maximum absolute atomic E-state index is 4.02. The molecule has 8 aromatic rings. The Bertz CT molecular complexity index is 3240. The Morgan fingerprint density at radius 1 is 0.689 bits per heavy atom. The molecule has 3 aliphatic rings. The fraction of sp³-hybridized carbons (Fsp3) is 0.107. The quantitative estimate of drug-likeness (QED) is 0.146. The van der Waals surface area contributed by atoms with Gasteiger partial charge in [0.2, 0.25) is 0 Å². The second-order valence-electron chi connectivity index (χ2n) is 15.9. The van der Waals surface area contributed by atoms with Crippen molar-refractivity contribution in [3.63, 3.8) is 0 Å². The molecule has 1 unspecified atom stereocenters. The van der Waals surface area contributed by atoms with Gasteiger partial charge in [-0.2, -0.15) is 0 Å². The van der Waals surface area contributed by atoms with Crippen LogP contribution in [0.2, 0.25) is 0 Å². The molecule has 3 heterocycles. The molecule has 0 saturated heterocycles. The molecule has 1 atom stereocenters. The SMILES string of the molecule is C=C/C=C(\C=C/C)N(C1=CCCC=C1)c1ccc(-c2ccc3c(c2)c2cc4c(cc2n3-c2cccc(-c3ccc5sc6ccccc6c5c3)c2)NC(C2=CCCC=C2)S4)cc1. The highest BCUT2D eigenvalue weighted by Gasteiger charge is 2.27. The number of nitrogens with one attached hydrogen (secondary N) is 1. The lowest BCUT2D eigenvalue weighted by Crippen LogP contribution is -2.20. The molecule has 296 valence electrons. The summed E-state index contributed by atoms with van der Waals surface area (Å²) < 4.78 is 5.12. The van der Waals surface area contributed by atoms with E-state index in [1.54, 1.807) is 0 Å². The normalized spacial score (nSPS) is 16.4. The van der Waals surface area contributed by atoms with Gasteiger partial charge in [0.1, 0.15) is 5.37 Å². The Labute approximate surface area is 365 Å². The van der Waals surface area contributed by atoms with Crippen LogP contribution in [-0.2, 0) is 0 Å². The van der Waals surface area contributed by atoms with E-state index in [1.807, 2.05) is 29.2 Å². The lowest BCUT2D eigenvalue weighted by atomic mass is 10.0. The van der Waals surface area contributed by atoms with Gasteiger partial charge < -0.3 is 14.8 Å². The standard InChI is InChI=1S/C56H45N3S2/c1-3-14-42(15-4-2)58(43-19-9-6-10-20-43)44-28-24-37(25-29-44)40-26-30-51-47(33-40)48-35-55-50(57-56(61-55)38-16-7-5-8-17-38)36-52(48)59(51)45-21-13-18-39(32-45)41-27-31-54-49(34-41)46-22-11-12-23-53(46)60-54/h3-4,7,9,11-36,56-57H,1,5-6,8,10H2,2H3/b15-4-,42-14+. The number of thioether (sulfide) groups is 1. The molecule has 1 aliphatic heterocycles. The molecule has 6 aromatic carbocycles. The van der Waals surface area contributed by atoms with Gasteiger partial charge >= 0.3 is 0 Å². The molecule has 2 aliphatic carbocycles. The van der Waals surface area contributed by atoms with Crippen LogP contribution in [0.1, 0.15) is 32.6 Å². The first kappa shape index (κ1) is 37.5. The Hall–Kier alpha value is -6.53. The molecule has 1 N–H and O–H groups in total. The Balaban J connectivity index is 1.03. The maximum atomic E-state index is 4.02. The van der Waals surface area contributed by atoms with Crippen molar-refractivity contribution >= 4 is 76.5 Å². The number of nitrogens with zero attached hydrogens (tertiary/aromatic N) is 2. The minimum Gasteiger partial charge on any atom is -0.368 e. The van der Waals surface area contributed by atoms with Gasteiger partial charge in [-0.15, -0.1) is 11.3 Å². The summed E-state index contributed by atoms with van der Waals surface area (Å²) in [5.74, 6) is 0. The summed E-state index contributed by atoms with van der Waals surface area (Å²) in [7, 11) is 0. The van der Waals surface area contributed by atoms with Crippen LogP contribution in [0.25, 0.3) is 69.9 Å². The molecule has 2 aromatic heterocycles. The highest BCUT2D eigenvalue weighted by Crippen LogP contribution is 2.47. The van der Waals surface area contributed by atoms with Crippen LogP contribution in [0.15, 0.2) is 211 Å². The second-order valence-corrected chi connectivity index (χ2v) is 18.2. The summed E-state index contributed by atoms with van der Waals surface area (Å²) in [4.78, 5) is 3.62. The van der Waals surface area contributed by atoms with E-state index < -0.39 is 0 Å². The van der Waals surface area contributed by atoms with E-state index in [0.29, 0.717) is 0 Å². The number of fused-ring (bicyclic) bond motifs is 7. The van der Waals surface area contributed by atoms with Crippen molar-refractivity contribution in [3.05, 3.63) is 206 Å². The van der Waals surface area contributed by atoms with Gasteiger partial charge in [-0.3, -0.25) is 0 Å². The van der Waals surface area contributed by atoms with Gasteiger partial charge in [0, 0.05) is 58.6 Å². The third-order valence-electron chi connectivity index (χ3n) is 12.1. The van der Waals surface area contributed by atoms with Crippen molar-refractivity contribution in [3.8, 4) is 27.9 Å². The zero-order valence-electron chi connectivity index (χ0n) is 34.1. The highest BCUT2D eigenvalue weighted by molar-refractivity contribution is 8.00. The molecule has 0 spiro atoms. The fourth-order valence-corrected chi connectivity index (χ4v) is 11.5. The number of anilines is 2. The first-order chi connectivity index (χ1) is 30.1. The van der Waals surface area contributed by atoms with Crippen molar-refractivity contribution in [1.82, 2.24) is 4.57 Å². The van der Waals surface area contributed by atoms with Crippen LogP contribution in [0.5, 0.6) is 0 Å². The average Bonchev–Trinajstić information content (AvgIpc) is 4.00. The first-order valence-corrected chi connectivity index (χ1v) is 23.0. The van der Waals surface area contributed by atoms with Crippen LogP contribution < -0.4 is 10.2 Å². The van der Waals surface area contributed by atoms with Crippen LogP contribution in [0, 0.1) is 0 Å². The van der Waals surface area contributed by atoms with Crippen LogP contribution in [0.3, 0.4) is 0 Å². The summed E-state index contributed by atoms with van der Waals surface area (Å²) >= 11 is 3.80. The largest absolute Gasteiger partial charge is 0.368 e. The number of hydrogen-bond acceptors (Lipinski definition) is 4. The summed E-state index contributed by atoms with van der Waals surface area (Å²) in [6.07, 6.45) is 26.3. The van der Waals surface area contributed by atoms with Crippen LogP contribution in [-0.4, -0.2) is 9.94 Å². The number of allylic oxidation sites excluding steroid dienone is 9. The van der Waals surface area contributed by atoms with E-state index >= 15 is 0 Å². The van der Waals surface area contributed by atoms with E-state index in [2.05, 4.69) is 204 Å². The minimum absolute atomic E-state index is 0.215. The molecule has 0 radical (unpaired) electrons. The Morgan fingerprint density at radius 3 is 2.26 bits per heavy atom. The smallest absolute Gasteiger partial charge is 0.102 e. The Kier molecular flexibility index (Phi) is 9.72. The van der Waals surface area contributed by atoms with Crippen molar-refractivity contribution < 1.29 is 0 Å². The molecule has 0 saturated carbocycles. The maximum Gasteiger partial charge on any atom is 0.102 e. The molecule has 3 nitrogen and oxygen atoms in total. The highest BCUT2D eigenvalue weighted by atomic mass is 32.2. The molecule has 11 rings (SSSR count). The van der Waals surface area contributed by atoms with Gasteiger partial charge in [-0.25, -0.2) is 0 Å². The predicted octanol–water partition coefficient (Wildman–Crippen LogP) is 16.3.